The molecule has 1 fully saturated rings. The molecule has 0 bridgehead atoms. The Balaban J connectivity index is 2.09. The number of carbonyl (C=O) groups excluding carboxylic acids is 2. The van der Waals surface area contributed by atoms with Crippen molar-refractivity contribution in [3.63, 3.8) is 0 Å². The SMILES string of the molecule is CN1C(=O)CC(Cc2ccccn2)C1=O. The second kappa shape index (κ2) is 3.81. The van der Waals surface area contributed by atoms with Crippen LogP contribution in [0.2, 0.25) is 0 Å². The third-order valence-corrected chi connectivity index (χ3v) is 2.66. The lowest BCUT2D eigenvalue weighted by molar-refractivity contribution is -0.137. The molecule has 1 aliphatic rings. The zero-order chi connectivity index (χ0) is 10.8. The van der Waals surface area contributed by atoms with Gasteiger partial charge in [-0.15, -0.1) is 0 Å². The average molecular weight is 204 g/mol. The topological polar surface area (TPSA) is 50.3 Å². The Kier molecular flexibility index (Phi) is 2.49. The van der Waals surface area contributed by atoms with Crippen molar-refractivity contribution in [2.24, 2.45) is 5.92 Å². The van der Waals surface area contributed by atoms with E-state index in [2.05, 4.69) is 4.98 Å². The second-order valence-corrected chi connectivity index (χ2v) is 3.72. The number of nitrogens with zero attached hydrogens (tertiary/aromatic N) is 2. The Hall–Kier alpha value is -1.71. The van der Waals surface area contributed by atoms with Crippen molar-refractivity contribution in [3.05, 3.63) is 30.1 Å². The third-order valence-electron chi connectivity index (χ3n) is 2.66. The fourth-order valence-electron chi connectivity index (χ4n) is 1.76. The minimum absolute atomic E-state index is 0.0920. The zero-order valence-electron chi connectivity index (χ0n) is 8.51. The molecule has 2 heterocycles. The van der Waals surface area contributed by atoms with Crippen molar-refractivity contribution >= 4 is 11.8 Å². The first-order chi connectivity index (χ1) is 7.18. The summed E-state index contributed by atoms with van der Waals surface area (Å²) >= 11 is 0. The second-order valence-electron chi connectivity index (χ2n) is 3.72. The normalized spacial score (nSPS) is 21.1. The third kappa shape index (κ3) is 1.88. The van der Waals surface area contributed by atoms with Crippen LogP contribution in [0.5, 0.6) is 0 Å². The number of imide groups is 1. The highest BCUT2D eigenvalue weighted by Crippen LogP contribution is 2.21. The lowest BCUT2D eigenvalue weighted by Gasteiger charge is -2.07. The average Bonchev–Trinajstić information content (AvgIpc) is 2.48. The lowest BCUT2D eigenvalue weighted by Crippen LogP contribution is -2.26. The summed E-state index contributed by atoms with van der Waals surface area (Å²) in [7, 11) is 1.53. The molecule has 4 nitrogen and oxygen atoms in total. The van der Waals surface area contributed by atoms with Gasteiger partial charge in [0.2, 0.25) is 11.8 Å². The van der Waals surface area contributed by atoms with Crippen LogP contribution in [-0.4, -0.2) is 28.7 Å². The first kappa shape index (κ1) is 9.83. The summed E-state index contributed by atoms with van der Waals surface area (Å²) in [5.74, 6) is -0.413. The van der Waals surface area contributed by atoms with Crippen molar-refractivity contribution in [2.75, 3.05) is 7.05 Å². The van der Waals surface area contributed by atoms with E-state index >= 15 is 0 Å². The molecule has 0 aliphatic carbocycles. The van der Waals surface area contributed by atoms with Crippen LogP contribution in [0.4, 0.5) is 0 Å². The first-order valence-electron chi connectivity index (χ1n) is 4.89. The molecule has 1 atom stereocenters. The van der Waals surface area contributed by atoms with E-state index in [9.17, 15) is 9.59 Å². The van der Waals surface area contributed by atoms with E-state index in [-0.39, 0.29) is 17.7 Å². The number of hydrogen-bond acceptors (Lipinski definition) is 3. The monoisotopic (exact) mass is 204 g/mol. The molecule has 0 N–H and O–H groups in total. The zero-order valence-corrected chi connectivity index (χ0v) is 8.51. The molecule has 78 valence electrons. The molecule has 2 rings (SSSR count). The molecule has 1 aromatic rings. The maximum absolute atomic E-state index is 11.6. The molecule has 0 radical (unpaired) electrons. The van der Waals surface area contributed by atoms with Crippen LogP contribution in [-0.2, 0) is 16.0 Å². The Morgan fingerprint density at radius 1 is 1.47 bits per heavy atom. The van der Waals surface area contributed by atoms with E-state index < -0.39 is 0 Å². The summed E-state index contributed by atoms with van der Waals surface area (Å²) < 4.78 is 0. The Bertz CT molecular complexity index is 389. The van der Waals surface area contributed by atoms with Gasteiger partial charge in [-0.1, -0.05) is 6.07 Å². The Labute approximate surface area is 87.9 Å². The van der Waals surface area contributed by atoms with Crippen molar-refractivity contribution in [1.82, 2.24) is 9.88 Å². The molecule has 0 aromatic carbocycles. The van der Waals surface area contributed by atoms with Crippen molar-refractivity contribution in [3.8, 4) is 0 Å². The van der Waals surface area contributed by atoms with Crippen LogP contribution in [0, 0.1) is 5.92 Å². The molecule has 1 aromatic heterocycles. The van der Waals surface area contributed by atoms with Crippen LogP contribution in [0.1, 0.15) is 12.1 Å². The smallest absolute Gasteiger partial charge is 0.232 e. The van der Waals surface area contributed by atoms with Gasteiger partial charge in [0.05, 0.1) is 5.92 Å². The fraction of sp³-hybridized carbons (Fsp3) is 0.364. The van der Waals surface area contributed by atoms with Crippen LogP contribution in [0.15, 0.2) is 24.4 Å². The van der Waals surface area contributed by atoms with E-state index in [1.165, 1.54) is 11.9 Å². The van der Waals surface area contributed by atoms with Gasteiger partial charge in [0.15, 0.2) is 0 Å². The fourth-order valence-corrected chi connectivity index (χ4v) is 1.76. The standard InChI is InChI=1S/C11H12N2O2/c1-13-10(14)7-8(11(13)15)6-9-4-2-3-5-12-9/h2-5,8H,6-7H2,1H3. The predicted molar refractivity (Wildman–Crippen MR) is 53.8 cm³/mol. The quantitative estimate of drug-likeness (QED) is 0.664. The minimum Gasteiger partial charge on any atom is -0.285 e. The summed E-state index contributed by atoms with van der Waals surface area (Å²) in [6.07, 6.45) is 2.56. The maximum Gasteiger partial charge on any atom is 0.232 e. The van der Waals surface area contributed by atoms with Gasteiger partial charge in [0.1, 0.15) is 0 Å². The van der Waals surface area contributed by atoms with Gasteiger partial charge in [0, 0.05) is 31.8 Å². The largest absolute Gasteiger partial charge is 0.285 e. The van der Waals surface area contributed by atoms with Gasteiger partial charge >= 0.3 is 0 Å². The summed E-state index contributed by atoms with van der Waals surface area (Å²) in [6, 6.07) is 5.58. The van der Waals surface area contributed by atoms with Crippen molar-refractivity contribution in [2.45, 2.75) is 12.8 Å². The van der Waals surface area contributed by atoms with Crippen LogP contribution in [0.3, 0.4) is 0 Å². The molecule has 1 aliphatic heterocycles. The molecule has 1 saturated heterocycles. The number of amides is 2. The van der Waals surface area contributed by atoms with Crippen molar-refractivity contribution in [1.29, 1.82) is 0 Å². The highest BCUT2D eigenvalue weighted by molar-refractivity contribution is 6.03. The summed E-state index contributed by atoms with van der Waals surface area (Å²) in [5.41, 5.74) is 0.860. The molecular formula is C11H12N2O2. The van der Waals surface area contributed by atoms with E-state index in [4.69, 9.17) is 0 Å². The number of carbonyl (C=O) groups is 2. The van der Waals surface area contributed by atoms with Gasteiger partial charge in [-0.3, -0.25) is 19.5 Å². The molecule has 0 spiro atoms. The van der Waals surface area contributed by atoms with Crippen LogP contribution >= 0.6 is 0 Å². The van der Waals surface area contributed by atoms with E-state index in [0.29, 0.717) is 12.8 Å². The number of aromatic nitrogens is 1. The van der Waals surface area contributed by atoms with Gasteiger partial charge in [-0.2, -0.15) is 0 Å². The Morgan fingerprint density at radius 3 is 2.80 bits per heavy atom. The Morgan fingerprint density at radius 2 is 2.27 bits per heavy atom. The number of rotatable bonds is 2. The number of likely N-dealkylation sites (tertiary alicyclic amines) is 1. The molecule has 0 saturated carbocycles. The lowest BCUT2D eigenvalue weighted by atomic mass is 10.0. The summed E-state index contributed by atoms with van der Waals surface area (Å²) in [5, 5.41) is 0. The summed E-state index contributed by atoms with van der Waals surface area (Å²) in [4.78, 5) is 28.2. The van der Waals surface area contributed by atoms with Gasteiger partial charge < -0.3 is 0 Å². The predicted octanol–water partition coefficient (Wildman–Crippen LogP) is 0.629. The highest BCUT2D eigenvalue weighted by atomic mass is 16.2. The van der Waals surface area contributed by atoms with Gasteiger partial charge in [-0.05, 0) is 12.1 Å². The first-order valence-corrected chi connectivity index (χ1v) is 4.89. The maximum atomic E-state index is 11.6. The number of pyridine rings is 1. The number of hydrogen-bond donors (Lipinski definition) is 0. The molecular weight excluding hydrogens is 192 g/mol. The van der Waals surface area contributed by atoms with Gasteiger partial charge in [0.25, 0.3) is 0 Å². The van der Waals surface area contributed by atoms with Crippen LogP contribution < -0.4 is 0 Å². The molecule has 2 amide bonds. The van der Waals surface area contributed by atoms with Crippen molar-refractivity contribution < 1.29 is 9.59 Å². The van der Waals surface area contributed by atoms with E-state index in [0.717, 1.165) is 5.69 Å². The van der Waals surface area contributed by atoms with E-state index in [1.54, 1.807) is 6.20 Å². The molecule has 1 unspecified atom stereocenters. The van der Waals surface area contributed by atoms with Gasteiger partial charge in [-0.25, -0.2) is 0 Å². The summed E-state index contributed by atoms with van der Waals surface area (Å²) in [6.45, 7) is 0. The van der Waals surface area contributed by atoms with Crippen LogP contribution in [0.25, 0.3) is 0 Å². The highest BCUT2D eigenvalue weighted by Gasteiger charge is 2.35. The minimum atomic E-state index is -0.225. The van der Waals surface area contributed by atoms with E-state index in [1.807, 2.05) is 18.2 Å². The molecule has 4 heteroatoms. The molecule has 15 heavy (non-hydrogen) atoms.